The number of nitrogens with one attached hydrogen (secondary N) is 2. The minimum atomic E-state index is -3.40. The molecule has 0 radical (unpaired) electrons. The molecule has 4 atom stereocenters. The second-order valence-electron chi connectivity index (χ2n) is 41.3. The van der Waals surface area contributed by atoms with Crippen LogP contribution in [-0.2, 0) is 63.3 Å². The van der Waals surface area contributed by atoms with Gasteiger partial charge in [0.25, 0.3) is 11.8 Å². The number of hydrazine groups is 1. The van der Waals surface area contributed by atoms with Gasteiger partial charge in [0.1, 0.15) is 12.3 Å². The van der Waals surface area contributed by atoms with Crippen LogP contribution in [0.25, 0.3) is 0 Å². The van der Waals surface area contributed by atoms with Gasteiger partial charge in [0.2, 0.25) is 12.2 Å². The molecule has 4 unspecified atom stereocenters. The number of nitrogens with zero attached hydrogens (tertiary/aromatic N) is 2. The van der Waals surface area contributed by atoms with Crippen LogP contribution in [-0.4, -0.2) is 204 Å². The van der Waals surface area contributed by atoms with Crippen LogP contribution in [0.3, 0.4) is 0 Å². The summed E-state index contributed by atoms with van der Waals surface area (Å²) in [6.07, 6.45) is 16.9. The number of esters is 1. The van der Waals surface area contributed by atoms with Crippen LogP contribution in [0.2, 0.25) is 0 Å². The molecular weight excluding hydrogens is 1850 g/mol. The third-order valence-corrected chi connectivity index (χ3v) is 31.7. The number of rotatable bonds is 51. The highest BCUT2D eigenvalue weighted by molar-refractivity contribution is 7.92. The van der Waals surface area contributed by atoms with E-state index in [4.69, 9.17) is 24.7 Å². The monoisotopic (exact) mass is 2000 g/mol. The van der Waals surface area contributed by atoms with Crippen LogP contribution in [0.4, 0.5) is 22.4 Å². The first-order valence-corrected chi connectivity index (χ1v) is 55.5. The van der Waals surface area contributed by atoms with Crippen molar-refractivity contribution in [2.24, 2.45) is 62.8 Å². The van der Waals surface area contributed by atoms with Gasteiger partial charge in [-0.15, -0.1) is 0 Å². The minimum absolute atomic E-state index is 0.0206. The molecule has 6 aliphatic rings. The van der Waals surface area contributed by atoms with E-state index in [0.29, 0.717) is 139 Å². The van der Waals surface area contributed by atoms with Crippen LogP contribution in [0.5, 0.6) is 23.0 Å². The zero-order valence-electron chi connectivity index (χ0n) is 82.9. The van der Waals surface area contributed by atoms with Gasteiger partial charge in [0.15, 0.2) is 85.6 Å². The van der Waals surface area contributed by atoms with Gasteiger partial charge < -0.3 is 39.6 Å². The van der Waals surface area contributed by atoms with Gasteiger partial charge in [-0.05, 0) is 258 Å². The number of Topliss-reactive ketones (excluding diaryl/α,β-unsaturated/α-hetero) is 1. The number of amides is 5. The average Bonchev–Trinajstić information content (AvgIpc) is 0.984. The molecule has 768 valence electrons. The fourth-order valence-corrected chi connectivity index (χ4v) is 23.6. The van der Waals surface area contributed by atoms with Gasteiger partial charge in [0.05, 0.1) is 96.7 Å². The number of sulfone groups is 4. The number of unbranched alkanes of at least 4 members (excludes halogenated alkanes) is 8. The number of halogens is 4. The molecule has 27 nitrogen and oxygen atoms in total. The maximum Gasteiger partial charge on any atom is 0.371 e. The van der Waals surface area contributed by atoms with Crippen molar-refractivity contribution in [3.8, 4) is 23.0 Å². The minimum Gasteiger partial charge on any atom is -0.490 e. The van der Waals surface area contributed by atoms with Crippen LogP contribution in [0.1, 0.15) is 292 Å². The van der Waals surface area contributed by atoms with E-state index in [0.717, 1.165) is 99.3 Å². The van der Waals surface area contributed by atoms with Crippen molar-refractivity contribution in [3.63, 3.8) is 0 Å². The lowest BCUT2D eigenvalue weighted by molar-refractivity contribution is -0.148. The van der Waals surface area contributed by atoms with E-state index in [2.05, 4.69) is 27.1 Å². The van der Waals surface area contributed by atoms with Crippen LogP contribution >= 0.6 is 0 Å². The Labute approximate surface area is 811 Å². The Hall–Kier alpha value is -8.45. The molecule has 4 saturated carbocycles. The van der Waals surface area contributed by atoms with Gasteiger partial charge in [-0.2, -0.15) is 0 Å². The van der Waals surface area contributed by atoms with E-state index in [9.17, 15) is 84.8 Å². The number of aldehydes is 1. The molecule has 8 N–H and O–H groups in total. The maximum absolute atomic E-state index is 14.3. The molecule has 35 heteroatoms. The Kier molecular flexibility index (Phi) is 47.2. The zero-order chi connectivity index (χ0) is 102. The topological polar surface area (TPSA) is 411 Å². The highest BCUT2D eigenvalue weighted by Crippen LogP contribution is 2.45. The van der Waals surface area contributed by atoms with Crippen molar-refractivity contribution < 1.29 is 108 Å². The maximum atomic E-state index is 14.3. The van der Waals surface area contributed by atoms with Crippen LogP contribution in [0.15, 0.2) is 97.1 Å². The van der Waals surface area contributed by atoms with Crippen molar-refractivity contribution in [1.82, 2.24) is 20.4 Å². The number of benzene rings is 5. The fraction of sp³-hybridized carbons (Fsp3) is 0.637. The van der Waals surface area contributed by atoms with Crippen LogP contribution in [0, 0.1) is 68.6 Å². The number of carbonyl (C=O) groups is 7. The SMILES string of the molecule is CC(=O)CNCCCCCS(=O)(=O)CC(c1ccc(F)c(OCC2CC2)c1)C(C)(C)C.CC(C)(C)C(CS(=O)(=O)CCCCCN)c1ccc(F)c(OCC2CC2)c1.CC(C)(C)C(CS(=O)(=O)CCCCCN1C(=O)c2ccccc2C1=O)c1ccc(F)c(OCC2CC2)c1.CC(C)(C)C(CS(=O)(=O)CCCCCN1CC(=O)NC1=O)c1ccc(F)c(OCC2CC2)c1.CCOC(=O)C=O.NN. The van der Waals surface area contributed by atoms with Gasteiger partial charge in [-0.1, -0.05) is 145 Å². The number of hydrogen-bond donors (Lipinski definition) is 5. The lowest BCUT2D eigenvalue weighted by Gasteiger charge is -2.31. The predicted molar refractivity (Wildman–Crippen MR) is 528 cm³/mol. The number of fused-ring (bicyclic) bond motifs is 1. The molecule has 4 aliphatic carbocycles. The van der Waals surface area contributed by atoms with E-state index in [-0.39, 0.29) is 170 Å². The molecule has 1 saturated heterocycles. The number of hydrogen-bond acceptors (Lipinski definition) is 24. The van der Waals surface area contributed by atoms with Crippen molar-refractivity contribution in [1.29, 1.82) is 0 Å². The van der Waals surface area contributed by atoms with Crippen LogP contribution < -0.4 is 47.0 Å². The summed E-state index contributed by atoms with van der Waals surface area (Å²) in [7, 11) is -13.2. The molecule has 11 rings (SSSR count). The number of nitrogens with two attached hydrogens (primary N) is 3. The molecular formula is C102H153F4N7O20S4. The van der Waals surface area contributed by atoms with E-state index < -0.39 is 68.6 Å². The van der Waals surface area contributed by atoms with Gasteiger partial charge in [0, 0.05) is 36.8 Å². The summed E-state index contributed by atoms with van der Waals surface area (Å²) in [6, 6.07) is 25.3. The largest absolute Gasteiger partial charge is 0.490 e. The first-order valence-electron chi connectivity index (χ1n) is 48.2. The molecule has 5 amide bonds. The van der Waals surface area contributed by atoms with E-state index >= 15 is 0 Å². The number of imide groups is 2. The van der Waals surface area contributed by atoms with Crippen molar-refractivity contribution in [3.05, 3.63) is 154 Å². The molecule has 0 aromatic heterocycles. The van der Waals surface area contributed by atoms with Gasteiger partial charge in [-0.3, -0.25) is 45.9 Å². The Bertz CT molecular complexity index is 5180. The summed E-state index contributed by atoms with van der Waals surface area (Å²) in [6.45, 7) is 31.9. The Morgan fingerprint density at radius 3 is 1.01 bits per heavy atom. The smallest absolute Gasteiger partial charge is 0.371 e. The standard InChI is InChI=1S/C29H36FNO5S.C24H35FN2O5S.C24H38FNO4S.C21H34FNO3S.C4H6O3.H4N2/c1-29(2,3)24(21-13-14-25(30)26(17-21)36-18-20-11-12-20)19-37(34,35)16-8-4-7-15-31-27(32)22-9-5-6-10-23(22)28(31)33;1-24(2,3)19(18-9-10-20(25)21(13-18)32-15-17-7-8-17)16-33(30,31)12-6-4-5-11-27-14-22(28)26-23(27)29;1-18(27)15-26-12-6-5-7-13-31(28,29)17-21(24(2,3)4)20-10-11-22(25)23(14-20)30-16-19-8-9-19;1-21(2,3)18(15-27(24,25)12-6-4-5-11-23)17-9-10-19(22)20(13-17)26-14-16-7-8-16;1-2-7-4(6)3-5;1-2/h5-6,9-10,13-14,17,20,24H,4,7-8,11-12,15-16,18-19H2,1-3H3;9-10,13,17,19H,4-8,11-12,14-16H2,1-3H3,(H,26,28,29);10-11,14,19,21,26H,5-9,12-13,15-17H2,1-4H3;9-10,13,16,18H,4-8,11-12,14-15,23H2,1-3H3;3H,2H2,1H3;1-2H2. The predicted octanol–water partition coefficient (Wildman–Crippen LogP) is 16.9. The summed E-state index contributed by atoms with van der Waals surface area (Å²) in [4.78, 5) is 80.5. The molecule has 5 aromatic rings. The highest BCUT2D eigenvalue weighted by atomic mass is 32.2. The number of urea groups is 1. The van der Waals surface area contributed by atoms with Crippen molar-refractivity contribution in [2.45, 2.75) is 249 Å². The van der Waals surface area contributed by atoms with E-state index in [1.807, 2.05) is 83.1 Å². The summed E-state index contributed by atoms with van der Waals surface area (Å²) in [5.41, 5.74) is 8.20. The third kappa shape index (κ3) is 43.3. The Morgan fingerprint density at radius 1 is 0.453 bits per heavy atom. The average molecular weight is 2000 g/mol. The number of ketones is 1. The quantitative estimate of drug-likeness (QED) is 0.00278. The molecule has 137 heavy (non-hydrogen) atoms. The second kappa shape index (κ2) is 55.1. The van der Waals surface area contributed by atoms with E-state index in [1.54, 1.807) is 79.7 Å². The molecule has 0 spiro atoms. The van der Waals surface area contributed by atoms with Crippen molar-refractivity contribution >= 4 is 81.1 Å². The normalized spacial score (nSPS) is 16.0. The summed E-state index contributed by atoms with van der Waals surface area (Å²) >= 11 is 0. The molecule has 0 bridgehead atoms. The molecule has 5 aromatic carbocycles. The van der Waals surface area contributed by atoms with E-state index in [1.165, 1.54) is 41.0 Å². The molecule has 2 aliphatic heterocycles. The summed E-state index contributed by atoms with van der Waals surface area (Å²) in [5, 5.41) is 5.27. The molecule has 2 heterocycles. The Morgan fingerprint density at radius 2 is 0.752 bits per heavy atom. The number of ether oxygens (including phenoxy) is 5. The van der Waals surface area contributed by atoms with Crippen molar-refractivity contribution in [2.75, 3.05) is 118 Å². The number of carbonyl (C=O) groups excluding carboxylic acids is 7. The van der Waals surface area contributed by atoms with Gasteiger partial charge >= 0.3 is 12.0 Å². The zero-order valence-corrected chi connectivity index (χ0v) is 86.2. The fourth-order valence-electron chi connectivity index (χ4n) is 15.6. The Balaban J connectivity index is 0.000000273. The first kappa shape index (κ1) is 117. The molecule has 5 fully saturated rings. The first-order chi connectivity index (χ1) is 64.3. The summed E-state index contributed by atoms with van der Waals surface area (Å²) < 4.78 is 187. The highest BCUT2D eigenvalue weighted by Gasteiger charge is 2.40. The lowest BCUT2D eigenvalue weighted by atomic mass is 9.77. The summed E-state index contributed by atoms with van der Waals surface area (Å²) in [5.74, 6) is 6.92. The second-order valence-corrected chi connectivity index (χ2v) is 50.2. The third-order valence-electron chi connectivity index (χ3n) is 24.7. The van der Waals surface area contributed by atoms with Gasteiger partial charge in [-0.25, -0.2) is 60.8 Å². The lowest BCUT2D eigenvalue weighted by Crippen LogP contribution is -2.30.